The normalized spacial score (nSPS) is 27.9. The summed E-state index contributed by atoms with van der Waals surface area (Å²) in [7, 11) is 0. The molecular weight excluding hydrogens is 1140 g/mol. The molecule has 12 unspecified atom stereocenters. The van der Waals surface area contributed by atoms with Gasteiger partial charge in [-0.25, -0.2) is 5.26 Å². The van der Waals surface area contributed by atoms with Crippen molar-refractivity contribution < 1.29 is 92.9 Å². The van der Waals surface area contributed by atoms with E-state index in [-0.39, 0.29) is 29.2 Å². The highest BCUT2D eigenvalue weighted by molar-refractivity contribution is 7.90. The number of phenols is 1. The smallest absolute Gasteiger partial charge is 0.261 e. The van der Waals surface area contributed by atoms with Crippen LogP contribution in [0.5, 0.6) is 11.5 Å². The Bertz CT molecular complexity index is 2900. The second-order valence-corrected chi connectivity index (χ2v) is 22.6. The van der Waals surface area contributed by atoms with Gasteiger partial charge in [0.1, 0.15) is 36.3 Å². The summed E-state index contributed by atoms with van der Waals surface area (Å²) in [5, 5.41) is 103. The number of aromatic hydroxyl groups is 1. The van der Waals surface area contributed by atoms with Crippen LogP contribution < -0.4 is 41.4 Å². The number of anilines is 1. The lowest BCUT2D eigenvalue weighted by Crippen LogP contribution is -2.64. The Kier molecular flexibility index (Phi) is 21.2. The van der Waals surface area contributed by atoms with Crippen LogP contribution in [0.4, 0.5) is 5.69 Å². The number of nitrogens with two attached hydrogens (primary N) is 1. The molecule has 0 saturated carbocycles. The van der Waals surface area contributed by atoms with Crippen LogP contribution in [-0.2, 0) is 62.2 Å². The lowest BCUT2D eigenvalue weighted by atomic mass is 9.98. The van der Waals surface area contributed by atoms with E-state index in [1.54, 1.807) is 24.3 Å². The molecule has 0 spiro atoms. The van der Waals surface area contributed by atoms with E-state index in [9.17, 15) is 74.1 Å². The summed E-state index contributed by atoms with van der Waals surface area (Å²) in [6.07, 6.45) is -11.4. The number of hydrogen-bond acceptors (Lipinski definition) is 22. The van der Waals surface area contributed by atoms with Gasteiger partial charge in [-0.2, -0.15) is 0 Å². The van der Waals surface area contributed by atoms with Gasteiger partial charge in [0.15, 0.2) is 11.5 Å². The van der Waals surface area contributed by atoms with Crippen molar-refractivity contribution in [2.45, 2.75) is 131 Å². The number of hydrogen-bond donors (Lipinski definition) is 14. The zero-order valence-corrected chi connectivity index (χ0v) is 47.3. The van der Waals surface area contributed by atoms with Gasteiger partial charge in [0, 0.05) is 88.3 Å². The lowest BCUT2D eigenvalue weighted by Gasteiger charge is -2.39. The summed E-state index contributed by atoms with van der Waals surface area (Å²) in [5.41, 5.74) is 9.18. The first-order chi connectivity index (χ1) is 40.5. The predicted molar refractivity (Wildman–Crippen MR) is 298 cm³/mol. The molecule has 3 aromatic rings. The molecule has 85 heavy (non-hydrogen) atoms. The fraction of sp³-hybridized carbons (Fsp3) is 0.527. The molecule has 5 aliphatic rings. The second kappa shape index (κ2) is 28.3. The van der Waals surface area contributed by atoms with Crippen LogP contribution in [0.3, 0.4) is 0 Å². The summed E-state index contributed by atoms with van der Waals surface area (Å²) < 4.78 is 9.30. The summed E-state index contributed by atoms with van der Waals surface area (Å²) in [6, 6.07) is 7.48. The van der Waals surface area contributed by atoms with E-state index in [1.165, 1.54) is 24.1 Å². The van der Waals surface area contributed by atoms with Crippen LogP contribution >= 0.6 is 12.3 Å². The molecule has 4 heterocycles. The number of phenolic OH excluding ortho intramolecular Hbond substituents is 1. The Hall–Kier alpha value is -7.23. The van der Waals surface area contributed by atoms with Crippen molar-refractivity contribution >= 4 is 65.3 Å². The SMILES string of the molecule is CC(O)C1NC(=O)[C@@H](NC(=O)c2ccc(N3CCN(C4Cc5ccccc5C4)CC3)cc2)CC(O)CNC(=O)C2C(O)C(C)CN2C(=O)C(C(O)CC(N)=O)NC(=O)C(C(O)Cc2ccc(O)c(OSOOO)c2)NC(=O)C2CC(O)CN2C1=O. The fourth-order valence-corrected chi connectivity index (χ4v) is 11.9. The predicted octanol–water partition coefficient (Wildman–Crippen LogP) is -4.13. The number of amides is 8. The van der Waals surface area contributed by atoms with Crippen molar-refractivity contribution in [2.75, 3.05) is 50.7 Å². The Morgan fingerprint density at radius 1 is 0.765 bits per heavy atom. The summed E-state index contributed by atoms with van der Waals surface area (Å²) >= 11 is 0.0634. The molecular formula is C55H72N10O19S. The molecule has 13 atom stereocenters. The van der Waals surface area contributed by atoms with Gasteiger partial charge in [-0.05, 0) is 72.9 Å². The lowest BCUT2D eigenvalue weighted by molar-refractivity contribution is -0.433. The van der Waals surface area contributed by atoms with Crippen LogP contribution in [0.1, 0.15) is 60.2 Å². The molecule has 4 saturated heterocycles. The van der Waals surface area contributed by atoms with Crippen LogP contribution in [0, 0.1) is 5.92 Å². The average Bonchev–Trinajstić information content (AvgIpc) is 3.14. The molecule has 1 aliphatic carbocycles. The van der Waals surface area contributed by atoms with Gasteiger partial charge in [-0.1, -0.05) is 46.6 Å². The molecule has 0 aromatic heterocycles. The van der Waals surface area contributed by atoms with Crippen molar-refractivity contribution in [3.05, 3.63) is 89.0 Å². The zero-order chi connectivity index (χ0) is 61.4. The third-order valence-corrected chi connectivity index (χ3v) is 16.5. The molecule has 3 aromatic carbocycles. The van der Waals surface area contributed by atoms with Crippen LogP contribution in [-0.4, -0.2) is 228 Å². The Morgan fingerprint density at radius 2 is 1.41 bits per heavy atom. The average molecular weight is 1210 g/mol. The molecule has 15 N–H and O–H groups in total. The largest absolute Gasteiger partial charge is 0.504 e. The molecule has 462 valence electrons. The number of rotatable bonds is 15. The number of nitrogens with zero attached hydrogens (tertiary/aromatic N) is 4. The van der Waals surface area contributed by atoms with E-state index in [4.69, 9.17) is 15.2 Å². The van der Waals surface area contributed by atoms with E-state index >= 15 is 0 Å². The maximum absolute atomic E-state index is 14.7. The summed E-state index contributed by atoms with van der Waals surface area (Å²) in [4.78, 5) is 120. The highest BCUT2D eigenvalue weighted by Crippen LogP contribution is 2.32. The Morgan fingerprint density at radius 3 is 2.06 bits per heavy atom. The summed E-state index contributed by atoms with van der Waals surface area (Å²) in [5.74, 6) is -10.9. The minimum Gasteiger partial charge on any atom is -0.504 e. The fourth-order valence-electron chi connectivity index (χ4n) is 11.6. The molecule has 8 rings (SSSR count). The van der Waals surface area contributed by atoms with Gasteiger partial charge in [-0.3, -0.25) is 43.3 Å². The minimum absolute atomic E-state index is 0.0634. The molecule has 0 bridgehead atoms. The van der Waals surface area contributed by atoms with Gasteiger partial charge in [0.05, 0.1) is 43.0 Å². The van der Waals surface area contributed by atoms with E-state index in [2.05, 4.69) is 70.0 Å². The van der Waals surface area contributed by atoms with Gasteiger partial charge < -0.3 is 86.9 Å². The van der Waals surface area contributed by atoms with Crippen molar-refractivity contribution in [1.82, 2.24) is 41.3 Å². The van der Waals surface area contributed by atoms with Crippen molar-refractivity contribution in [3.8, 4) is 11.5 Å². The molecule has 4 aliphatic heterocycles. The van der Waals surface area contributed by atoms with Crippen LogP contribution in [0.15, 0.2) is 66.7 Å². The van der Waals surface area contributed by atoms with E-state index in [1.807, 2.05) is 0 Å². The summed E-state index contributed by atoms with van der Waals surface area (Å²) in [6.45, 7) is 4.07. The number of benzene rings is 3. The van der Waals surface area contributed by atoms with E-state index in [0.717, 1.165) is 73.6 Å². The molecule has 0 radical (unpaired) electrons. The number of primary amides is 1. The standard InChI is InChI=1S/C55H72N10O19S/c1-27-25-65-47(48(27)73)53(78)57-24-35(67)21-37(58-49(74)30-8-10-33(11-9-30)62-13-15-63(16-14-62)34-19-31-5-3-4-6-32(31)20-34)50(75)59-44(28(2)66)54(79)64-26-36(68)22-38(64)51(76)60-45(52(77)61-46(55(65)80)41(71)23-43(56)72)40(70)17-29-7-12-39(69)42(18-29)82-85-84-83-81/h3-12,18,27-28,34-38,40-41,44-48,66-71,73,81H,13-17,19-26H2,1-2H3,(H2,56,72)(H,57,78)(H,58,74)(H,59,75)(H,60,76)(H,61,77)/t27?,28?,35?,36?,37-,38?,40?,41?,44?,45?,46?,47?,48?/m0/s1. The molecule has 30 heteroatoms. The van der Waals surface area contributed by atoms with Gasteiger partial charge in [-0.15, -0.1) is 0 Å². The number of nitrogens with one attached hydrogen (secondary N) is 5. The topological polar surface area (TPSA) is 425 Å². The number of piperazine rings is 1. The number of fused-ring (bicyclic) bond motifs is 3. The van der Waals surface area contributed by atoms with Crippen LogP contribution in [0.2, 0.25) is 0 Å². The highest BCUT2D eigenvalue weighted by atomic mass is 32.2. The maximum atomic E-state index is 14.7. The maximum Gasteiger partial charge on any atom is 0.261 e. The number of aliphatic hydroxyl groups excluding tert-OH is 6. The molecule has 29 nitrogen and oxygen atoms in total. The second-order valence-electron chi connectivity index (χ2n) is 22.2. The van der Waals surface area contributed by atoms with Gasteiger partial charge >= 0.3 is 0 Å². The first-order valence-corrected chi connectivity index (χ1v) is 28.4. The number of carbonyl (C=O) groups is 8. The monoisotopic (exact) mass is 1210 g/mol. The minimum atomic E-state index is -2.20. The quantitative estimate of drug-likeness (QED) is 0.0297. The molecule has 4 fully saturated rings. The van der Waals surface area contributed by atoms with Crippen molar-refractivity contribution in [3.63, 3.8) is 0 Å². The number of β-amino-alcohol motifs (C(OH)–C–C–N with tert-alkyl or cyclic N) is 1. The first-order valence-electron chi connectivity index (χ1n) is 27.8. The highest BCUT2D eigenvalue weighted by Gasteiger charge is 2.50. The van der Waals surface area contributed by atoms with Crippen LogP contribution in [0.25, 0.3) is 0 Å². The Labute approximate surface area is 492 Å². The van der Waals surface area contributed by atoms with E-state index in [0.29, 0.717) is 6.04 Å². The van der Waals surface area contributed by atoms with Gasteiger partial charge in [0.25, 0.3) is 18.2 Å². The van der Waals surface area contributed by atoms with Gasteiger partial charge in [0.2, 0.25) is 41.4 Å². The van der Waals surface area contributed by atoms with Crippen molar-refractivity contribution in [1.29, 1.82) is 0 Å². The third kappa shape index (κ3) is 15.4. The number of aliphatic hydroxyl groups is 6. The Balaban J connectivity index is 1.07. The molecule has 8 amide bonds. The number of carbonyl (C=O) groups excluding carboxylic acids is 8. The van der Waals surface area contributed by atoms with Crippen molar-refractivity contribution in [2.24, 2.45) is 11.7 Å². The van der Waals surface area contributed by atoms with E-state index < -0.39 is 177 Å². The zero-order valence-electron chi connectivity index (χ0n) is 46.5. The third-order valence-electron chi connectivity index (χ3n) is 16.2. The first kappa shape index (κ1) is 63.8.